The Bertz CT molecular complexity index is 593. The van der Waals surface area contributed by atoms with Gasteiger partial charge in [-0.3, -0.25) is 0 Å². The Morgan fingerprint density at radius 1 is 1.39 bits per heavy atom. The molecule has 2 rings (SSSR count). The molecule has 0 saturated heterocycles. The van der Waals surface area contributed by atoms with E-state index in [9.17, 15) is 4.79 Å². The summed E-state index contributed by atoms with van der Waals surface area (Å²) < 4.78 is 7.21. The standard InChI is InChI=1S/C12H10BrClN2O2/c1-7-10(14)11(12(17)18-2)15-16(7)9-5-3-8(13)4-6-9/h3-6H,1-2H3. The van der Waals surface area contributed by atoms with Gasteiger partial charge >= 0.3 is 5.97 Å². The van der Waals surface area contributed by atoms with Crippen molar-refractivity contribution in [2.24, 2.45) is 0 Å². The highest BCUT2D eigenvalue weighted by Crippen LogP contribution is 2.24. The van der Waals surface area contributed by atoms with E-state index in [1.165, 1.54) is 7.11 Å². The second-order valence-electron chi connectivity index (χ2n) is 3.63. The minimum atomic E-state index is -0.543. The number of nitrogens with zero attached hydrogens (tertiary/aromatic N) is 2. The van der Waals surface area contributed by atoms with E-state index in [-0.39, 0.29) is 5.69 Å². The highest BCUT2D eigenvalue weighted by Gasteiger charge is 2.20. The van der Waals surface area contributed by atoms with Crippen molar-refractivity contribution in [2.75, 3.05) is 7.11 Å². The Kier molecular flexibility index (Phi) is 3.73. The highest BCUT2D eigenvalue weighted by atomic mass is 79.9. The van der Waals surface area contributed by atoms with Crippen molar-refractivity contribution >= 4 is 33.5 Å². The molecule has 6 heteroatoms. The van der Waals surface area contributed by atoms with Crippen LogP contribution in [0.25, 0.3) is 5.69 Å². The number of ether oxygens (including phenoxy) is 1. The first-order chi connectivity index (χ1) is 8.54. The van der Waals surface area contributed by atoms with E-state index in [1.807, 2.05) is 24.3 Å². The van der Waals surface area contributed by atoms with Crippen molar-refractivity contribution in [1.29, 1.82) is 0 Å². The fraction of sp³-hybridized carbons (Fsp3) is 0.167. The van der Waals surface area contributed by atoms with Gasteiger partial charge in [-0.15, -0.1) is 0 Å². The summed E-state index contributed by atoms with van der Waals surface area (Å²) in [6.45, 7) is 1.80. The van der Waals surface area contributed by atoms with Gasteiger partial charge in [0.05, 0.1) is 23.5 Å². The van der Waals surface area contributed by atoms with Gasteiger partial charge in [0.2, 0.25) is 0 Å². The molecule has 0 N–H and O–H groups in total. The molecule has 4 nitrogen and oxygen atoms in total. The summed E-state index contributed by atoms with van der Waals surface area (Å²) in [7, 11) is 1.30. The molecule has 1 aromatic heterocycles. The lowest BCUT2D eigenvalue weighted by Gasteiger charge is -2.03. The molecule has 0 unspecified atom stereocenters. The number of hydrogen-bond donors (Lipinski definition) is 0. The Morgan fingerprint density at radius 3 is 2.56 bits per heavy atom. The fourth-order valence-electron chi connectivity index (χ4n) is 1.54. The molecule has 1 aromatic carbocycles. The lowest BCUT2D eigenvalue weighted by Crippen LogP contribution is -2.04. The van der Waals surface area contributed by atoms with Crippen molar-refractivity contribution in [1.82, 2.24) is 9.78 Å². The van der Waals surface area contributed by atoms with E-state index in [2.05, 4.69) is 25.8 Å². The number of methoxy groups -OCH3 is 1. The van der Waals surface area contributed by atoms with Crippen molar-refractivity contribution in [3.63, 3.8) is 0 Å². The van der Waals surface area contributed by atoms with Gasteiger partial charge < -0.3 is 4.74 Å². The second-order valence-corrected chi connectivity index (χ2v) is 4.92. The zero-order valence-corrected chi connectivity index (χ0v) is 12.1. The average molecular weight is 330 g/mol. The predicted molar refractivity (Wildman–Crippen MR) is 72.4 cm³/mol. The topological polar surface area (TPSA) is 44.1 Å². The van der Waals surface area contributed by atoms with Gasteiger partial charge in [0.15, 0.2) is 5.69 Å². The Balaban J connectivity index is 2.52. The molecule has 0 bridgehead atoms. The summed E-state index contributed by atoms with van der Waals surface area (Å²) >= 11 is 9.44. The van der Waals surface area contributed by atoms with E-state index < -0.39 is 5.97 Å². The van der Waals surface area contributed by atoms with Gasteiger partial charge in [-0.1, -0.05) is 27.5 Å². The molecule has 0 atom stereocenters. The molecule has 1 heterocycles. The lowest BCUT2D eigenvalue weighted by molar-refractivity contribution is 0.0593. The van der Waals surface area contributed by atoms with E-state index in [1.54, 1.807) is 11.6 Å². The van der Waals surface area contributed by atoms with E-state index in [4.69, 9.17) is 11.6 Å². The zero-order chi connectivity index (χ0) is 13.3. The molecule has 0 fully saturated rings. The van der Waals surface area contributed by atoms with E-state index in [0.717, 1.165) is 10.2 Å². The number of esters is 1. The monoisotopic (exact) mass is 328 g/mol. The van der Waals surface area contributed by atoms with Gasteiger partial charge in [-0.05, 0) is 31.2 Å². The van der Waals surface area contributed by atoms with E-state index >= 15 is 0 Å². The van der Waals surface area contributed by atoms with Crippen LogP contribution in [-0.4, -0.2) is 22.9 Å². The third kappa shape index (κ3) is 2.28. The molecule has 0 aliphatic rings. The molecular formula is C12H10BrClN2O2. The number of hydrogen-bond acceptors (Lipinski definition) is 3. The van der Waals surface area contributed by atoms with Crippen LogP contribution in [-0.2, 0) is 4.74 Å². The van der Waals surface area contributed by atoms with Crippen LogP contribution in [0.1, 0.15) is 16.2 Å². The summed E-state index contributed by atoms with van der Waals surface area (Å²) in [5, 5.41) is 4.48. The number of carbonyl (C=O) groups excluding carboxylic acids is 1. The number of halogens is 2. The molecule has 2 aromatic rings. The van der Waals surface area contributed by atoms with Crippen LogP contribution in [0.5, 0.6) is 0 Å². The first kappa shape index (κ1) is 13.1. The second kappa shape index (κ2) is 5.12. The van der Waals surface area contributed by atoms with Gasteiger partial charge in [0.25, 0.3) is 0 Å². The third-order valence-corrected chi connectivity index (χ3v) is 3.47. The molecule has 18 heavy (non-hydrogen) atoms. The SMILES string of the molecule is COC(=O)c1nn(-c2ccc(Br)cc2)c(C)c1Cl. The zero-order valence-electron chi connectivity index (χ0n) is 9.78. The Hall–Kier alpha value is -1.33. The summed E-state index contributed by atoms with van der Waals surface area (Å²) in [6, 6.07) is 7.54. The summed E-state index contributed by atoms with van der Waals surface area (Å²) in [5.74, 6) is -0.543. The molecule has 0 amide bonds. The molecule has 0 saturated carbocycles. The smallest absolute Gasteiger partial charge is 0.360 e. The highest BCUT2D eigenvalue weighted by molar-refractivity contribution is 9.10. The summed E-state index contributed by atoms with van der Waals surface area (Å²) in [4.78, 5) is 11.5. The first-order valence-electron chi connectivity index (χ1n) is 5.14. The van der Waals surface area contributed by atoms with Gasteiger partial charge in [-0.25, -0.2) is 9.48 Å². The number of aromatic nitrogens is 2. The van der Waals surface area contributed by atoms with Crippen LogP contribution in [0.15, 0.2) is 28.7 Å². The molecule has 0 spiro atoms. The molecule has 0 aliphatic heterocycles. The predicted octanol–water partition coefficient (Wildman–Crippen LogP) is 3.38. The van der Waals surface area contributed by atoms with Gasteiger partial charge in [0, 0.05) is 4.47 Å². The molecule has 94 valence electrons. The number of carbonyl (C=O) groups is 1. The van der Waals surface area contributed by atoms with Crippen molar-refractivity contribution in [3.05, 3.63) is 45.1 Å². The lowest BCUT2D eigenvalue weighted by atomic mass is 10.3. The Labute approximate surface area is 118 Å². The molecule has 0 aliphatic carbocycles. The first-order valence-corrected chi connectivity index (χ1v) is 6.31. The van der Waals surface area contributed by atoms with E-state index in [0.29, 0.717) is 10.7 Å². The molecule has 0 radical (unpaired) electrons. The summed E-state index contributed by atoms with van der Waals surface area (Å²) in [5.41, 5.74) is 1.65. The van der Waals surface area contributed by atoms with Crippen LogP contribution >= 0.6 is 27.5 Å². The minimum absolute atomic E-state index is 0.125. The largest absolute Gasteiger partial charge is 0.464 e. The van der Waals surface area contributed by atoms with Crippen LogP contribution in [0.3, 0.4) is 0 Å². The average Bonchev–Trinajstić information content (AvgIpc) is 2.67. The maximum absolute atomic E-state index is 11.5. The fourth-order valence-corrected chi connectivity index (χ4v) is 2.00. The molecular weight excluding hydrogens is 320 g/mol. The van der Waals surface area contributed by atoms with Crippen LogP contribution in [0.2, 0.25) is 5.02 Å². The Morgan fingerprint density at radius 2 is 2.00 bits per heavy atom. The number of benzene rings is 1. The van der Waals surface area contributed by atoms with Crippen LogP contribution < -0.4 is 0 Å². The quantitative estimate of drug-likeness (QED) is 0.793. The van der Waals surface area contributed by atoms with Gasteiger partial charge in [0.1, 0.15) is 0 Å². The maximum atomic E-state index is 11.5. The van der Waals surface area contributed by atoms with Crippen LogP contribution in [0, 0.1) is 6.92 Å². The minimum Gasteiger partial charge on any atom is -0.464 e. The van der Waals surface area contributed by atoms with Crippen LogP contribution in [0.4, 0.5) is 0 Å². The van der Waals surface area contributed by atoms with Gasteiger partial charge in [-0.2, -0.15) is 5.10 Å². The maximum Gasteiger partial charge on any atom is 0.360 e. The summed E-state index contributed by atoms with van der Waals surface area (Å²) in [6.07, 6.45) is 0. The number of rotatable bonds is 2. The normalized spacial score (nSPS) is 10.4. The van der Waals surface area contributed by atoms with Crippen molar-refractivity contribution in [2.45, 2.75) is 6.92 Å². The third-order valence-electron chi connectivity index (χ3n) is 2.49. The van der Waals surface area contributed by atoms with Crippen molar-refractivity contribution in [3.8, 4) is 5.69 Å². The van der Waals surface area contributed by atoms with Crippen molar-refractivity contribution < 1.29 is 9.53 Å².